The van der Waals surface area contributed by atoms with Gasteiger partial charge >= 0.3 is 0 Å². The predicted octanol–water partition coefficient (Wildman–Crippen LogP) is 1.71. The molecule has 0 saturated carbocycles. The van der Waals surface area contributed by atoms with Crippen molar-refractivity contribution in [2.45, 2.75) is 25.7 Å². The van der Waals surface area contributed by atoms with E-state index in [4.69, 9.17) is 5.73 Å². The van der Waals surface area contributed by atoms with E-state index < -0.39 is 0 Å². The zero-order chi connectivity index (χ0) is 11.5. The minimum atomic E-state index is -0.303. The van der Waals surface area contributed by atoms with Crippen LogP contribution in [-0.4, -0.2) is 11.8 Å². The molecule has 0 spiro atoms. The molecule has 4 heteroatoms. The van der Waals surface area contributed by atoms with Crippen LogP contribution in [0.4, 0.5) is 11.4 Å². The van der Waals surface area contributed by atoms with E-state index >= 15 is 0 Å². The minimum Gasteiger partial charge on any atom is -0.370 e. The lowest BCUT2D eigenvalue weighted by Crippen LogP contribution is -2.13. The number of primary amides is 1. The second-order valence-corrected chi connectivity index (χ2v) is 3.89. The molecule has 0 saturated heterocycles. The molecule has 0 radical (unpaired) electrons. The van der Waals surface area contributed by atoms with Crippen LogP contribution in [0.5, 0.6) is 0 Å². The summed E-state index contributed by atoms with van der Waals surface area (Å²) in [5.41, 5.74) is 7.02. The summed E-state index contributed by atoms with van der Waals surface area (Å²) in [7, 11) is 0. The Balaban J connectivity index is 1.73. The van der Waals surface area contributed by atoms with E-state index in [1.165, 1.54) is 0 Å². The Morgan fingerprint density at radius 2 is 1.62 bits per heavy atom. The van der Waals surface area contributed by atoms with Gasteiger partial charge in [-0.05, 0) is 25.0 Å². The molecule has 2 N–H and O–H groups in total. The maximum atomic E-state index is 11.7. The molecule has 84 valence electrons. The van der Waals surface area contributed by atoms with Crippen molar-refractivity contribution in [2.24, 2.45) is 5.73 Å². The highest BCUT2D eigenvalue weighted by molar-refractivity contribution is 6.15. The normalized spacial score (nSPS) is 12.1. The molecule has 0 bridgehead atoms. The first-order valence-corrected chi connectivity index (χ1v) is 5.40. The predicted molar refractivity (Wildman–Crippen MR) is 61.3 cm³/mol. The molecule has 16 heavy (non-hydrogen) atoms. The fourth-order valence-electron chi connectivity index (χ4n) is 1.76. The number of anilines is 2. The molecule has 0 aromatic heterocycles. The molecule has 0 unspecified atom stereocenters. The van der Waals surface area contributed by atoms with Crippen molar-refractivity contribution in [1.29, 1.82) is 0 Å². The molecule has 1 aromatic carbocycles. The summed E-state index contributed by atoms with van der Waals surface area (Å²) in [4.78, 5) is 23.9. The summed E-state index contributed by atoms with van der Waals surface area (Å²) >= 11 is 0. The number of rotatable bonds is 5. The van der Waals surface area contributed by atoms with Gasteiger partial charge in [0, 0.05) is 12.8 Å². The first kappa shape index (κ1) is 10.7. The summed E-state index contributed by atoms with van der Waals surface area (Å²) in [6.07, 6.45) is 2.24. The second-order valence-electron chi connectivity index (χ2n) is 3.89. The van der Waals surface area contributed by atoms with E-state index in [-0.39, 0.29) is 11.8 Å². The summed E-state index contributed by atoms with van der Waals surface area (Å²) in [6, 6.07) is 7.69. The number of hydrogen-bond acceptors (Lipinski definition) is 2. The Kier molecular flexibility index (Phi) is 2.90. The zero-order valence-electron chi connectivity index (χ0n) is 8.98. The summed E-state index contributed by atoms with van der Waals surface area (Å²) in [5.74, 6) is -0.201. The maximum absolute atomic E-state index is 11.7. The number of para-hydroxylation sites is 2. The highest BCUT2D eigenvalue weighted by Crippen LogP contribution is 2.47. The standard InChI is InChI=1S/C12H14N2O2/c13-11(15)7-3-4-8-12(16)14-9-5-1-2-6-10(9)14/h1-2,5-6H,3-4,7-8H2,(H2,13,15). The quantitative estimate of drug-likeness (QED) is 0.604. The van der Waals surface area contributed by atoms with Crippen LogP contribution >= 0.6 is 0 Å². The Labute approximate surface area is 94.0 Å². The van der Waals surface area contributed by atoms with E-state index in [1.807, 2.05) is 24.3 Å². The van der Waals surface area contributed by atoms with Gasteiger partial charge in [-0.15, -0.1) is 0 Å². The van der Waals surface area contributed by atoms with Gasteiger partial charge in [-0.1, -0.05) is 12.1 Å². The van der Waals surface area contributed by atoms with Gasteiger partial charge < -0.3 is 5.73 Å². The SMILES string of the molecule is NC(=O)CCCCC(=O)N1c2ccccc21. The number of unbranched alkanes of at least 4 members (excludes halogenated alkanes) is 1. The molecule has 4 nitrogen and oxygen atoms in total. The number of hydrogen-bond donors (Lipinski definition) is 1. The van der Waals surface area contributed by atoms with Gasteiger partial charge in [0.1, 0.15) is 0 Å². The monoisotopic (exact) mass is 218 g/mol. The number of carbonyl (C=O) groups excluding carboxylic acids is 2. The largest absolute Gasteiger partial charge is 0.370 e. The van der Waals surface area contributed by atoms with Crippen molar-refractivity contribution in [3.05, 3.63) is 24.3 Å². The fraction of sp³-hybridized carbons (Fsp3) is 0.333. The third kappa shape index (κ3) is 2.21. The molecule has 0 atom stereocenters. The number of nitrogens with zero attached hydrogens (tertiary/aromatic N) is 1. The van der Waals surface area contributed by atoms with E-state index in [0.29, 0.717) is 25.7 Å². The minimum absolute atomic E-state index is 0.102. The van der Waals surface area contributed by atoms with Crippen LogP contribution in [0.3, 0.4) is 0 Å². The van der Waals surface area contributed by atoms with Crippen molar-refractivity contribution in [1.82, 2.24) is 0 Å². The second kappa shape index (κ2) is 4.35. The van der Waals surface area contributed by atoms with Gasteiger partial charge in [0.05, 0.1) is 11.4 Å². The van der Waals surface area contributed by atoms with Crippen LogP contribution in [0, 0.1) is 0 Å². The average molecular weight is 218 g/mol. The molecular formula is C12H14N2O2. The lowest BCUT2D eigenvalue weighted by atomic mass is 10.2. The molecular weight excluding hydrogens is 204 g/mol. The molecule has 1 aliphatic rings. The highest BCUT2D eigenvalue weighted by Gasteiger charge is 2.33. The average Bonchev–Trinajstić information content (AvgIpc) is 2.98. The van der Waals surface area contributed by atoms with Gasteiger partial charge in [0.2, 0.25) is 11.8 Å². The molecule has 2 rings (SSSR count). The Hall–Kier alpha value is -1.84. The molecule has 1 aromatic rings. The van der Waals surface area contributed by atoms with Crippen molar-refractivity contribution in [2.75, 3.05) is 4.90 Å². The van der Waals surface area contributed by atoms with Crippen LogP contribution in [0.25, 0.3) is 0 Å². The Morgan fingerprint density at radius 1 is 1.06 bits per heavy atom. The number of amides is 2. The number of benzene rings is 1. The van der Waals surface area contributed by atoms with Crippen LogP contribution in [0.15, 0.2) is 24.3 Å². The lowest BCUT2D eigenvalue weighted by molar-refractivity contribution is -0.119. The van der Waals surface area contributed by atoms with E-state index in [9.17, 15) is 9.59 Å². The van der Waals surface area contributed by atoms with E-state index in [1.54, 1.807) is 4.90 Å². The van der Waals surface area contributed by atoms with Gasteiger partial charge in [0.15, 0.2) is 0 Å². The van der Waals surface area contributed by atoms with Crippen LogP contribution in [-0.2, 0) is 9.59 Å². The van der Waals surface area contributed by atoms with Crippen LogP contribution in [0.2, 0.25) is 0 Å². The topological polar surface area (TPSA) is 63.2 Å². The molecule has 0 fully saturated rings. The summed E-state index contributed by atoms with van der Waals surface area (Å²) in [5, 5.41) is 0. The number of carbonyl (C=O) groups is 2. The highest BCUT2D eigenvalue weighted by atomic mass is 16.2. The third-order valence-electron chi connectivity index (χ3n) is 2.63. The van der Waals surface area contributed by atoms with Gasteiger partial charge in [-0.2, -0.15) is 0 Å². The van der Waals surface area contributed by atoms with E-state index in [2.05, 4.69) is 0 Å². The molecule has 0 aliphatic carbocycles. The van der Waals surface area contributed by atoms with Crippen LogP contribution in [0.1, 0.15) is 25.7 Å². The fourth-order valence-corrected chi connectivity index (χ4v) is 1.76. The number of nitrogens with two attached hydrogens (primary N) is 1. The van der Waals surface area contributed by atoms with Crippen molar-refractivity contribution >= 4 is 23.2 Å². The molecule has 2 amide bonds. The first-order chi connectivity index (χ1) is 7.70. The van der Waals surface area contributed by atoms with Crippen molar-refractivity contribution in [3.63, 3.8) is 0 Å². The summed E-state index contributed by atoms with van der Waals surface area (Å²) in [6.45, 7) is 0. The zero-order valence-corrected chi connectivity index (χ0v) is 8.98. The van der Waals surface area contributed by atoms with Gasteiger partial charge in [-0.3, -0.25) is 14.5 Å². The summed E-state index contributed by atoms with van der Waals surface area (Å²) < 4.78 is 0. The van der Waals surface area contributed by atoms with Crippen LogP contribution < -0.4 is 10.6 Å². The van der Waals surface area contributed by atoms with Gasteiger partial charge in [0.25, 0.3) is 0 Å². The smallest absolute Gasteiger partial charge is 0.231 e. The maximum Gasteiger partial charge on any atom is 0.231 e. The molecule has 1 aliphatic heterocycles. The molecule has 1 heterocycles. The first-order valence-electron chi connectivity index (χ1n) is 5.40. The Bertz CT molecular complexity index is 406. The van der Waals surface area contributed by atoms with E-state index in [0.717, 1.165) is 11.4 Å². The van der Waals surface area contributed by atoms with Crippen molar-refractivity contribution in [3.8, 4) is 0 Å². The Morgan fingerprint density at radius 3 is 2.19 bits per heavy atom. The third-order valence-corrected chi connectivity index (χ3v) is 2.63. The van der Waals surface area contributed by atoms with Gasteiger partial charge in [-0.25, -0.2) is 0 Å². The lowest BCUT2D eigenvalue weighted by Gasteiger charge is -2.01. The number of fused-ring (bicyclic) bond motifs is 1. The van der Waals surface area contributed by atoms with Crippen molar-refractivity contribution < 1.29 is 9.59 Å².